The van der Waals surface area contributed by atoms with Crippen molar-refractivity contribution in [2.75, 3.05) is 12.5 Å². The molecule has 0 saturated carbocycles. The second-order valence-electron chi connectivity index (χ2n) is 0.871. The molecular weight excluding hydrogens is 152 g/mol. The van der Waals surface area contributed by atoms with Gasteiger partial charge in [0.15, 0.2) is 0 Å². The molecule has 0 aliphatic rings. The molecule has 0 bridgehead atoms. The Morgan fingerprint density at radius 2 is 1.67 bits per heavy atom. The van der Waals surface area contributed by atoms with E-state index in [-0.39, 0.29) is 0 Å². The van der Waals surface area contributed by atoms with Crippen molar-refractivity contribution in [1.29, 1.82) is 0 Å². The first-order chi connectivity index (χ1) is 2.56. The third kappa shape index (κ3) is 5.14. The lowest BCUT2D eigenvalue weighted by atomic mass is 12.0. The Morgan fingerprint density at radius 3 is 1.67 bits per heavy atom. The first-order valence-corrected chi connectivity index (χ1v) is 6.95. The van der Waals surface area contributed by atoms with E-state index >= 15 is 0 Å². The van der Waals surface area contributed by atoms with E-state index in [1.807, 2.05) is 12.5 Å². The van der Waals surface area contributed by atoms with Crippen LogP contribution in [0.1, 0.15) is 0 Å². The van der Waals surface area contributed by atoms with Crippen molar-refractivity contribution in [1.82, 2.24) is 0 Å². The molecule has 0 aromatic rings. The SMILES string of the molecule is CSS(C)(=S)=S. The van der Waals surface area contributed by atoms with Gasteiger partial charge in [0.25, 0.3) is 0 Å². The Balaban J connectivity index is 3.85. The smallest absolute Gasteiger partial charge is 0.000351 e. The van der Waals surface area contributed by atoms with Gasteiger partial charge in [-0.15, -0.1) is 0 Å². The Bertz CT molecular complexity index is 108. The van der Waals surface area contributed by atoms with E-state index in [0.717, 1.165) is 0 Å². The molecular formula is C2H6S4. The van der Waals surface area contributed by atoms with Crippen LogP contribution in [0.5, 0.6) is 0 Å². The first-order valence-electron chi connectivity index (χ1n) is 1.32. The van der Waals surface area contributed by atoms with E-state index in [4.69, 9.17) is 22.4 Å². The monoisotopic (exact) mass is 158 g/mol. The molecule has 0 fully saturated rings. The summed E-state index contributed by atoms with van der Waals surface area (Å²) in [6.07, 6.45) is 2.79. The zero-order valence-corrected chi connectivity index (χ0v) is 6.90. The molecule has 0 atom stereocenters. The third-order valence-electron chi connectivity index (χ3n) is 0.303. The second-order valence-corrected chi connectivity index (χ2v) is 11.5. The van der Waals surface area contributed by atoms with E-state index in [2.05, 4.69) is 0 Å². The molecule has 0 amide bonds. The first kappa shape index (κ1) is 7.14. The summed E-state index contributed by atoms with van der Waals surface area (Å²) in [5.74, 6) is 0. The summed E-state index contributed by atoms with van der Waals surface area (Å²) in [7, 11) is 1.59. The van der Waals surface area contributed by atoms with E-state index in [0.29, 0.717) is 0 Å². The molecule has 0 N–H and O–H groups in total. The number of hydrogen-bond acceptors (Lipinski definition) is 3. The van der Waals surface area contributed by atoms with Gasteiger partial charge < -0.3 is 0 Å². The van der Waals surface area contributed by atoms with Crippen LogP contribution in [-0.2, 0) is 28.6 Å². The maximum absolute atomic E-state index is 4.85. The lowest BCUT2D eigenvalue weighted by Crippen LogP contribution is -1.77. The van der Waals surface area contributed by atoms with Gasteiger partial charge in [0.2, 0.25) is 0 Å². The van der Waals surface area contributed by atoms with Gasteiger partial charge in [0, 0.05) is 0 Å². The molecule has 0 spiro atoms. The quantitative estimate of drug-likeness (QED) is 0.522. The highest BCUT2D eigenvalue weighted by Crippen LogP contribution is 2.02. The number of hydrogen-bond donors (Lipinski definition) is 0. The molecule has 0 heterocycles. The van der Waals surface area contributed by atoms with Gasteiger partial charge in [0.1, 0.15) is 0 Å². The molecule has 0 rings (SSSR count). The fourth-order valence-electron chi connectivity index (χ4n) is 0. The molecule has 0 radical (unpaired) electrons. The van der Waals surface area contributed by atoms with E-state index < -0.39 is 6.18 Å². The van der Waals surface area contributed by atoms with E-state index in [1.54, 1.807) is 10.8 Å². The van der Waals surface area contributed by atoms with Crippen molar-refractivity contribution >= 4 is 39.3 Å². The molecule has 38 valence electrons. The summed E-state index contributed by atoms with van der Waals surface area (Å²) in [6, 6.07) is 0. The van der Waals surface area contributed by atoms with Crippen LogP contribution in [0.25, 0.3) is 0 Å². The van der Waals surface area contributed by atoms with Gasteiger partial charge in [0.05, 0.1) is 0 Å². The molecule has 0 aliphatic carbocycles. The molecule has 4 heteroatoms. The Kier molecular flexibility index (Phi) is 2.91. The molecule has 0 unspecified atom stereocenters. The van der Waals surface area contributed by atoms with Crippen LogP contribution in [0, 0.1) is 0 Å². The van der Waals surface area contributed by atoms with E-state index in [1.165, 1.54) is 0 Å². The maximum atomic E-state index is 4.85. The predicted octanol–water partition coefficient (Wildman–Crippen LogP) is 0.972. The normalized spacial score (nSPS) is 11.7. The molecule has 6 heavy (non-hydrogen) atoms. The van der Waals surface area contributed by atoms with Gasteiger partial charge in [-0.3, -0.25) is 0 Å². The number of rotatable bonds is 1. The lowest BCUT2D eigenvalue weighted by molar-refractivity contribution is 2.49. The van der Waals surface area contributed by atoms with Crippen molar-refractivity contribution in [3.8, 4) is 0 Å². The van der Waals surface area contributed by atoms with Crippen LogP contribution < -0.4 is 0 Å². The summed E-state index contributed by atoms with van der Waals surface area (Å²) < 4.78 is 0. The topological polar surface area (TPSA) is 0 Å². The molecule has 0 saturated heterocycles. The second kappa shape index (κ2) is 2.45. The van der Waals surface area contributed by atoms with E-state index in [9.17, 15) is 0 Å². The van der Waals surface area contributed by atoms with Crippen LogP contribution in [0.2, 0.25) is 0 Å². The largest absolute Gasteiger partial charge is 0.0898 e. The minimum absolute atomic E-state index is 1.08. The summed E-state index contributed by atoms with van der Waals surface area (Å²) in [5.41, 5.74) is 0. The van der Waals surface area contributed by atoms with Crippen molar-refractivity contribution < 1.29 is 0 Å². The summed E-state index contributed by atoms with van der Waals surface area (Å²) >= 11 is 9.69. The van der Waals surface area contributed by atoms with Crippen molar-refractivity contribution in [2.24, 2.45) is 0 Å². The zero-order valence-electron chi connectivity index (χ0n) is 3.63. The molecule has 0 nitrogen and oxygen atoms in total. The van der Waals surface area contributed by atoms with Gasteiger partial charge in [-0.25, -0.2) is 0 Å². The van der Waals surface area contributed by atoms with Crippen molar-refractivity contribution in [3.05, 3.63) is 0 Å². The van der Waals surface area contributed by atoms with Gasteiger partial charge in [-0.1, -0.05) is 10.8 Å². The fraction of sp³-hybridized carbons (Fsp3) is 1.00. The Morgan fingerprint density at radius 1 is 1.50 bits per heavy atom. The summed E-state index contributed by atoms with van der Waals surface area (Å²) in [6.45, 7) is 0. The van der Waals surface area contributed by atoms with Gasteiger partial charge >= 0.3 is 0 Å². The highest BCUT2D eigenvalue weighted by Gasteiger charge is 1.80. The third-order valence-corrected chi connectivity index (χ3v) is 5.17. The molecule has 0 aliphatic heterocycles. The van der Waals surface area contributed by atoms with Gasteiger partial charge in [-0.2, -0.15) is 0 Å². The predicted molar refractivity (Wildman–Crippen MR) is 41.5 cm³/mol. The average Bonchev–Trinajstić information content (AvgIpc) is 1.35. The maximum Gasteiger partial charge on any atom is -0.000351 e. The Labute approximate surface area is 51.9 Å². The molecule has 0 aromatic carbocycles. The van der Waals surface area contributed by atoms with Crippen LogP contribution in [0.3, 0.4) is 0 Å². The van der Waals surface area contributed by atoms with Crippen LogP contribution >= 0.6 is 10.8 Å². The van der Waals surface area contributed by atoms with Crippen molar-refractivity contribution in [2.45, 2.75) is 0 Å². The highest BCUT2D eigenvalue weighted by atomic mass is 33.5. The standard InChI is InChI=1S/C2H6S4/c1-5-6(2,3)4/h1-2H3. The molecule has 0 aromatic heterocycles. The van der Waals surface area contributed by atoms with Crippen LogP contribution in [0.15, 0.2) is 0 Å². The average molecular weight is 158 g/mol. The highest BCUT2D eigenvalue weighted by molar-refractivity contribution is 8.97. The lowest BCUT2D eigenvalue weighted by Gasteiger charge is -1.89. The summed E-state index contributed by atoms with van der Waals surface area (Å²) in [4.78, 5) is 0. The minimum Gasteiger partial charge on any atom is -0.0898 e. The Hall–Kier alpha value is 1.14. The minimum atomic E-state index is -1.08. The van der Waals surface area contributed by atoms with Crippen molar-refractivity contribution in [3.63, 3.8) is 0 Å². The fourth-order valence-corrected chi connectivity index (χ4v) is 0. The van der Waals surface area contributed by atoms with Gasteiger partial charge in [-0.05, 0) is 41.1 Å². The van der Waals surface area contributed by atoms with Crippen LogP contribution in [-0.4, -0.2) is 12.5 Å². The summed E-state index contributed by atoms with van der Waals surface area (Å²) in [5, 5.41) is 0. The zero-order chi connectivity index (χ0) is 5.21. The van der Waals surface area contributed by atoms with Crippen LogP contribution in [0.4, 0.5) is 0 Å².